The first-order chi connectivity index (χ1) is 10.0. The molecule has 1 aromatic rings. The van der Waals surface area contributed by atoms with Crippen molar-refractivity contribution in [2.75, 3.05) is 35.8 Å². The molecule has 5 nitrogen and oxygen atoms in total. The second kappa shape index (κ2) is 7.47. The molecule has 21 heavy (non-hydrogen) atoms. The van der Waals surface area contributed by atoms with Crippen molar-refractivity contribution in [2.45, 2.75) is 25.3 Å². The highest BCUT2D eigenvalue weighted by atomic mass is 32.2. The zero-order chi connectivity index (χ0) is 15.3. The van der Waals surface area contributed by atoms with Crippen molar-refractivity contribution in [3.8, 4) is 0 Å². The Morgan fingerprint density at radius 3 is 3.05 bits per heavy atom. The number of aromatic nitrogens is 1. The number of nitrogens with one attached hydrogen (secondary N) is 1. The van der Waals surface area contributed by atoms with Crippen LogP contribution in [0.1, 0.15) is 18.9 Å². The highest BCUT2D eigenvalue weighted by Crippen LogP contribution is 2.29. The Morgan fingerprint density at radius 2 is 2.33 bits per heavy atom. The largest absolute Gasteiger partial charge is 0.353 e. The molecule has 1 fully saturated rings. The minimum atomic E-state index is -3.10. The zero-order valence-electron chi connectivity index (χ0n) is 12.6. The monoisotopic (exact) mass is 329 g/mol. The van der Waals surface area contributed by atoms with Gasteiger partial charge in [0, 0.05) is 54.5 Å². The van der Waals surface area contributed by atoms with Gasteiger partial charge in [-0.15, -0.1) is 0 Å². The van der Waals surface area contributed by atoms with Crippen molar-refractivity contribution in [3.05, 3.63) is 24.0 Å². The van der Waals surface area contributed by atoms with Crippen LogP contribution in [0.4, 0.5) is 5.69 Å². The normalized spacial score (nSPS) is 19.7. The second-order valence-corrected chi connectivity index (χ2v) is 8.59. The van der Waals surface area contributed by atoms with Gasteiger partial charge in [0.25, 0.3) is 0 Å². The molecule has 0 amide bonds. The molecular weight excluding hydrogens is 306 g/mol. The number of hydrogen-bond donors (Lipinski definition) is 1. The van der Waals surface area contributed by atoms with E-state index in [4.69, 9.17) is 0 Å². The third kappa shape index (κ3) is 4.34. The molecule has 7 heteroatoms. The van der Waals surface area contributed by atoms with Crippen molar-refractivity contribution in [1.82, 2.24) is 10.3 Å². The number of nitrogens with zero attached hydrogens (tertiary/aromatic N) is 2. The van der Waals surface area contributed by atoms with Gasteiger partial charge in [0.1, 0.15) is 5.37 Å². The molecule has 0 aromatic carbocycles. The summed E-state index contributed by atoms with van der Waals surface area (Å²) in [5.41, 5.74) is 2.05. The van der Waals surface area contributed by atoms with Gasteiger partial charge in [0.2, 0.25) is 0 Å². The molecule has 0 bridgehead atoms. The van der Waals surface area contributed by atoms with E-state index in [2.05, 4.69) is 17.2 Å². The van der Waals surface area contributed by atoms with E-state index < -0.39 is 15.2 Å². The molecule has 2 rings (SSSR count). The molecule has 0 radical (unpaired) electrons. The summed E-state index contributed by atoms with van der Waals surface area (Å²) in [4.78, 5) is 6.21. The lowest BCUT2D eigenvalue weighted by molar-refractivity contribution is 0.583. The number of anilines is 1. The van der Waals surface area contributed by atoms with E-state index in [1.165, 1.54) is 6.26 Å². The molecule has 2 heterocycles. The predicted octanol–water partition coefficient (Wildman–Crippen LogP) is 1.51. The van der Waals surface area contributed by atoms with E-state index in [9.17, 15) is 8.42 Å². The van der Waals surface area contributed by atoms with Crippen molar-refractivity contribution in [3.63, 3.8) is 0 Å². The van der Waals surface area contributed by atoms with Gasteiger partial charge in [-0.25, -0.2) is 8.42 Å². The Labute approximate surface area is 131 Å². The Balaban J connectivity index is 2.26. The third-order valence-electron chi connectivity index (χ3n) is 3.51. The van der Waals surface area contributed by atoms with Crippen molar-refractivity contribution in [1.29, 1.82) is 0 Å². The van der Waals surface area contributed by atoms with E-state index in [0.717, 1.165) is 43.1 Å². The zero-order valence-corrected chi connectivity index (χ0v) is 14.2. The van der Waals surface area contributed by atoms with Crippen LogP contribution in [-0.2, 0) is 16.4 Å². The molecule has 1 aliphatic rings. The van der Waals surface area contributed by atoms with Crippen molar-refractivity contribution in [2.24, 2.45) is 0 Å². The van der Waals surface area contributed by atoms with E-state index in [1.807, 2.05) is 17.2 Å². The lowest BCUT2D eigenvalue weighted by Gasteiger charge is -2.37. The molecule has 1 atom stereocenters. The minimum Gasteiger partial charge on any atom is -0.353 e. The van der Waals surface area contributed by atoms with Crippen LogP contribution < -0.4 is 10.2 Å². The summed E-state index contributed by atoms with van der Waals surface area (Å²) in [7, 11) is -3.10. The Morgan fingerprint density at radius 1 is 1.52 bits per heavy atom. The first kappa shape index (κ1) is 16.6. The summed E-state index contributed by atoms with van der Waals surface area (Å²) in [6.45, 7) is 4.54. The third-order valence-corrected chi connectivity index (χ3v) is 6.15. The maximum Gasteiger partial charge on any atom is 0.169 e. The Bertz CT molecular complexity index is 563. The van der Waals surface area contributed by atoms with Crippen LogP contribution in [0.25, 0.3) is 0 Å². The van der Waals surface area contributed by atoms with Crippen LogP contribution >= 0.6 is 11.8 Å². The van der Waals surface area contributed by atoms with E-state index >= 15 is 0 Å². The molecule has 1 aromatic heterocycles. The van der Waals surface area contributed by atoms with Crippen LogP contribution in [0.15, 0.2) is 18.5 Å². The topological polar surface area (TPSA) is 62.3 Å². The fraction of sp³-hybridized carbons (Fsp3) is 0.643. The number of hydrogen-bond acceptors (Lipinski definition) is 6. The Kier molecular flexibility index (Phi) is 5.89. The average Bonchev–Trinajstić information content (AvgIpc) is 2.47. The SMILES string of the molecule is CCCNCc1cnccc1N1CCSCC1S(C)(=O)=O. The van der Waals surface area contributed by atoms with Gasteiger partial charge in [0.15, 0.2) is 9.84 Å². The fourth-order valence-corrected chi connectivity index (χ4v) is 5.28. The molecule has 1 unspecified atom stereocenters. The number of sulfone groups is 1. The number of pyridine rings is 1. The quantitative estimate of drug-likeness (QED) is 0.798. The van der Waals surface area contributed by atoms with Crippen LogP contribution in [0, 0.1) is 0 Å². The van der Waals surface area contributed by atoms with Crippen molar-refractivity contribution >= 4 is 27.3 Å². The van der Waals surface area contributed by atoms with Gasteiger partial charge in [-0.3, -0.25) is 4.98 Å². The van der Waals surface area contributed by atoms with E-state index in [-0.39, 0.29) is 0 Å². The van der Waals surface area contributed by atoms with E-state index in [1.54, 1.807) is 18.0 Å². The molecule has 0 spiro atoms. The molecule has 1 aliphatic heterocycles. The molecule has 0 aliphatic carbocycles. The first-order valence-electron chi connectivity index (χ1n) is 7.21. The maximum absolute atomic E-state index is 12.1. The first-order valence-corrected chi connectivity index (χ1v) is 10.3. The molecular formula is C14H23N3O2S2. The predicted molar refractivity (Wildman–Crippen MR) is 89.5 cm³/mol. The lowest BCUT2D eigenvalue weighted by Crippen LogP contribution is -2.47. The molecule has 118 valence electrons. The highest BCUT2D eigenvalue weighted by molar-refractivity contribution is 8.01. The van der Waals surface area contributed by atoms with E-state index in [0.29, 0.717) is 5.75 Å². The number of rotatable bonds is 6. The minimum absolute atomic E-state index is 0.441. The maximum atomic E-state index is 12.1. The summed E-state index contributed by atoms with van der Waals surface area (Å²) in [5, 5.41) is 2.92. The highest BCUT2D eigenvalue weighted by Gasteiger charge is 2.32. The van der Waals surface area contributed by atoms with Gasteiger partial charge >= 0.3 is 0 Å². The molecule has 1 N–H and O–H groups in total. The van der Waals surface area contributed by atoms with Gasteiger partial charge in [-0.1, -0.05) is 6.92 Å². The smallest absolute Gasteiger partial charge is 0.169 e. The van der Waals surface area contributed by atoms with Crippen LogP contribution in [0.2, 0.25) is 0 Å². The summed E-state index contributed by atoms with van der Waals surface area (Å²) < 4.78 is 24.1. The fourth-order valence-electron chi connectivity index (χ4n) is 2.45. The van der Waals surface area contributed by atoms with Gasteiger partial charge in [0.05, 0.1) is 0 Å². The van der Waals surface area contributed by atoms with Gasteiger partial charge in [-0.05, 0) is 19.0 Å². The standard InChI is InChI=1S/C14H23N3O2S2/c1-3-5-15-9-12-10-16-6-4-13(12)17-7-8-20-11-14(17)21(2,18)19/h4,6,10,14-15H,3,5,7-9,11H2,1-2H3. The lowest BCUT2D eigenvalue weighted by atomic mass is 10.2. The second-order valence-electron chi connectivity index (χ2n) is 5.23. The van der Waals surface area contributed by atoms with Gasteiger partial charge < -0.3 is 10.2 Å². The number of thioether (sulfide) groups is 1. The summed E-state index contributed by atoms with van der Waals surface area (Å²) in [6.07, 6.45) is 5.97. The average molecular weight is 329 g/mol. The molecule has 1 saturated heterocycles. The van der Waals surface area contributed by atoms with Crippen molar-refractivity contribution < 1.29 is 8.42 Å². The van der Waals surface area contributed by atoms with Crippen LogP contribution in [0.3, 0.4) is 0 Å². The van der Waals surface area contributed by atoms with Crippen LogP contribution in [-0.4, -0.2) is 49.6 Å². The summed E-state index contributed by atoms with van der Waals surface area (Å²) in [5.74, 6) is 1.58. The summed E-state index contributed by atoms with van der Waals surface area (Å²) >= 11 is 1.70. The van der Waals surface area contributed by atoms with Crippen LogP contribution in [0.5, 0.6) is 0 Å². The van der Waals surface area contributed by atoms with Gasteiger partial charge in [-0.2, -0.15) is 11.8 Å². The molecule has 0 saturated carbocycles. The Hall–Kier alpha value is -0.790. The summed E-state index contributed by atoms with van der Waals surface area (Å²) in [6, 6.07) is 1.93.